The van der Waals surface area contributed by atoms with E-state index in [1.54, 1.807) is 11.0 Å². The highest BCUT2D eigenvalue weighted by Crippen LogP contribution is 2.15. The fourth-order valence-corrected chi connectivity index (χ4v) is 2.87. The van der Waals surface area contributed by atoms with Crippen molar-refractivity contribution >= 4 is 29.2 Å². The Hall–Kier alpha value is -1.85. The van der Waals surface area contributed by atoms with Gasteiger partial charge in [0.15, 0.2) is 0 Å². The molecule has 6 heteroatoms. The standard InChI is InChI=1S/C16H19N3O2.ClH/c1-17-12-6-4-8-19(10-12)16(21)13-9-11-5-2-3-7-14(11)18-15(13)20;/h2-3,5,7,9,12,17H,4,6,8,10H2,1H3,(H,18,20);1H. The van der Waals surface area contributed by atoms with Crippen LogP contribution in [0.5, 0.6) is 0 Å². The fourth-order valence-electron chi connectivity index (χ4n) is 2.87. The summed E-state index contributed by atoms with van der Waals surface area (Å²) in [6.07, 6.45) is 2.02. The van der Waals surface area contributed by atoms with Gasteiger partial charge in [-0.25, -0.2) is 0 Å². The van der Waals surface area contributed by atoms with Crippen LogP contribution in [0.1, 0.15) is 23.2 Å². The average Bonchev–Trinajstić information content (AvgIpc) is 2.53. The van der Waals surface area contributed by atoms with E-state index in [-0.39, 0.29) is 29.4 Å². The fraction of sp³-hybridized carbons (Fsp3) is 0.375. The zero-order chi connectivity index (χ0) is 14.8. The molecule has 0 radical (unpaired) electrons. The normalized spacial score (nSPS) is 18.0. The van der Waals surface area contributed by atoms with E-state index in [2.05, 4.69) is 10.3 Å². The second-order valence-electron chi connectivity index (χ2n) is 5.48. The number of nitrogens with zero attached hydrogens (tertiary/aromatic N) is 1. The number of carbonyl (C=O) groups excluding carboxylic acids is 1. The summed E-state index contributed by atoms with van der Waals surface area (Å²) in [5.41, 5.74) is 0.668. The maximum Gasteiger partial charge on any atom is 0.261 e. The summed E-state index contributed by atoms with van der Waals surface area (Å²) < 4.78 is 0. The van der Waals surface area contributed by atoms with Crippen LogP contribution in [-0.4, -0.2) is 42.0 Å². The summed E-state index contributed by atoms with van der Waals surface area (Å²) in [6.45, 7) is 1.37. The number of hydrogen-bond donors (Lipinski definition) is 2. The molecule has 5 nitrogen and oxygen atoms in total. The molecule has 22 heavy (non-hydrogen) atoms. The minimum absolute atomic E-state index is 0. The smallest absolute Gasteiger partial charge is 0.261 e. The lowest BCUT2D eigenvalue weighted by Crippen LogP contribution is -2.47. The number of aromatic amines is 1. The van der Waals surface area contributed by atoms with Crippen molar-refractivity contribution in [2.24, 2.45) is 0 Å². The van der Waals surface area contributed by atoms with Crippen molar-refractivity contribution < 1.29 is 4.79 Å². The van der Waals surface area contributed by atoms with Crippen LogP contribution in [0.25, 0.3) is 10.9 Å². The molecule has 3 rings (SSSR count). The first-order valence-corrected chi connectivity index (χ1v) is 7.27. The lowest BCUT2D eigenvalue weighted by molar-refractivity contribution is 0.0696. The summed E-state index contributed by atoms with van der Waals surface area (Å²) in [6, 6.07) is 9.49. The molecule has 1 atom stereocenters. The number of nitrogens with one attached hydrogen (secondary N) is 2. The van der Waals surface area contributed by atoms with Gasteiger partial charge in [0.05, 0.1) is 0 Å². The number of fused-ring (bicyclic) bond motifs is 1. The first-order valence-electron chi connectivity index (χ1n) is 7.27. The Morgan fingerprint density at radius 3 is 2.91 bits per heavy atom. The number of likely N-dealkylation sites (tertiary alicyclic amines) is 1. The minimum Gasteiger partial charge on any atom is -0.337 e. The number of benzene rings is 1. The third kappa shape index (κ3) is 3.15. The van der Waals surface area contributed by atoms with Crippen LogP contribution in [0.2, 0.25) is 0 Å². The van der Waals surface area contributed by atoms with Crippen molar-refractivity contribution in [1.82, 2.24) is 15.2 Å². The van der Waals surface area contributed by atoms with Gasteiger partial charge in [-0.3, -0.25) is 9.59 Å². The molecule has 1 unspecified atom stereocenters. The largest absolute Gasteiger partial charge is 0.337 e. The van der Waals surface area contributed by atoms with E-state index in [4.69, 9.17) is 0 Å². The third-order valence-electron chi connectivity index (χ3n) is 4.10. The second kappa shape index (κ2) is 6.94. The maximum atomic E-state index is 12.6. The van der Waals surface area contributed by atoms with Crippen molar-refractivity contribution in [3.8, 4) is 0 Å². The van der Waals surface area contributed by atoms with Crippen LogP contribution in [0.3, 0.4) is 0 Å². The van der Waals surface area contributed by atoms with Gasteiger partial charge in [-0.15, -0.1) is 12.4 Å². The van der Waals surface area contributed by atoms with E-state index >= 15 is 0 Å². The number of rotatable bonds is 2. The number of carbonyl (C=O) groups is 1. The van der Waals surface area contributed by atoms with E-state index in [1.807, 2.05) is 31.3 Å². The molecule has 1 aliphatic heterocycles. The van der Waals surface area contributed by atoms with Gasteiger partial charge in [-0.2, -0.15) is 0 Å². The van der Waals surface area contributed by atoms with Crippen LogP contribution in [0.15, 0.2) is 35.1 Å². The number of aromatic nitrogens is 1. The Bertz CT molecular complexity index is 729. The Labute approximate surface area is 135 Å². The average molecular weight is 322 g/mol. The molecule has 0 aliphatic carbocycles. The van der Waals surface area contributed by atoms with Gasteiger partial charge in [-0.1, -0.05) is 18.2 Å². The van der Waals surface area contributed by atoms with Crippen molar-refractivity contribution in [3.63, 3.8) is 0 Å². The summed E-state index contributed by atoms with van der Waals surface area (Å²) >= 11 is 0. The highest BCUT2D eigenvalue weighted by Gasteiger charge is 2.25. The van der Waals surface area contributed by atoms with E-state index in [1.165, 1.54) is 0 Å². The molecule has 2 aromatic rings. The zero-order valence-corrected chi connectivity index (χ0v) is 13.3. The first kappa shape index (κ1) is 16.5. The molecule has 1 saturated heterocycles. The monoisotopic (exact) mass is 321 g/mol. The maximum absolute atomic E-state index is 12.6. The van der Waals surface area contributed by atoms with Gasteiger partial charge in [0.1, 0.15) is 5.56 Å². The van der Waals surface area contributed by atoms with Crippen LogP contribution >= 0.6 is 12.4 Å². The number of H-pyrrole nitrogens is 1. The number of pyridine rings is 1. The second-order valence-corrected chi connectivity index (χ2v) is 5.48. The molecular weight excluding hydrogens is 302 g/mol. The Balaban J connectivity index is 0.00000176. The van der Waals surface area contributed by atoms with E-state index in [9.17, 15) is 9.59 Å². The molecular formula is C16H20ClN3O2. The molecule has 0 spiro atoms. The lowest BCUT2D eigenvalue weighted by Gasteiger charge is -2.32. The van der Waals surface area contributed by atoms with Gasteiger partial charge in [0.25, 0.3) is 11.5 Å². The van der Waals surface area contributed by atoms with Crippen LogP contribution in [0, 0.1) is 0 Å². The number of para-hydroxylation sites is 1. The SMILES string of the molecule is CNC1CCCN(C(=O)c2cc3ccccc3[nH]c2=O)C1.Cl. The predicted molar refractivity (Wildman–Crippen MR) is 89.8 cm³/mol. The van der Waals surface area contributed by atoms with Crippen molar-refractivity contribution in [3.05, 3.63) is 46.2 Å². The molecule has 2 heterocycles. The molecule has 0 saturated carbocycles. The Kier molecular flexibility index (Phi) is 5.21. The third-order valence-corrected chi connectivity index (χ3v) is 4.10. The highest BCUT2D eigenvalue weighted by atomic mass is 35.5. The summed E-state index contributed by atoms with van der Waals surface area (Å²) in [5.74, 6) is -0.179. The topological polar surface area (TPSA) is 65.2 Å². The van der Waals surface area contributed by atoms with E-state index in [0.717, 1.165) is 23.7 Å². The van der Waals surface area contributed by atoms with Gasteiger partial charge < -0.3 is 15.2 Å². The van der Waals surface area contributed by atoms with Crippen LogP contribution in [-0.2, 0) is 0 Å². The quantitative estimate of drug-likeness (QED) is 0.886. The van der Waals surface area contributed by atoms with E-state index in [0.29, 0.717) is 19.1 Å². The molecule has 1 aromatic carbocycles. The Morgan fingerprint density at radius 1 is 1.36 bits per heavy atom. The number of piperidine rings is 1. The molecule has 118 valence electrons. The van der Waals surface area contributed by atoms with Gasteiger partial charge in [-0.05, 0) is 37.4 Å². The minimum atomic E-state index is -0.315. The molecule has 1 aromatic heterocycles. The summed E-state index contributed by atoms with van der Waals surface area (Å²) in [5, 5.41) is 4.08. The van der Waals surface area contributed by atoms with Crippen molar-refractivity contribution in [1.29, 1.82) is 0 Å². The number of hydrogen-bond acceptors (Lipinski definition) is 3. The predicted octanol–water partition coefficient (Wildman–Crippen LogP) is 1.77. The van der Waals surface area contributed by atoms with Crippen LogP contribution < -0.4 is 10.9 Å². The van der Waals surface area contributed by atoms with Crippen LogP contribution in [0.4, 0.5) is 0 Å². The number of halogens is 1. The van der Waals surface area contributed by atoms with Crippen molar-refractivity contribution in [2.45, 2.75) is 18.9 Å². The molecule has 2 N–H and O–H groups in total. The first-order chi connectivity index (χ1) is 10.2. The number of amides is 1. The lowest BCUT2D eigenvalue weighted by atomic mass is 10.0. The molecule has 0 bridgehead atoms. The molecule has 1 amide bonds. The van der Waals surface area contributed by atoms with Gasteiger partial charge in [0.2, 0.25) is 0 Å². The summed E-state index contributed by atoms with van der Waals surface area (Å²) in [4.78, 5) is 29.3. The van der Waals surface area contributed by atoms with Gasteiger partial charge in [0, 0.05) is 24.6 Å². The zero-order valence-electron chi connectivity index (χ0n) is 12.5. The van der Waals surface area contributed by atoms with Crippen molar-refractivity contribution in [2.75, 3.05) is 20.1 Å². The molecule has 1 aliphatic rings. The van der Waals surface area contributed by atoms with Gasteiger partial charge >= 0.3 is 0 Å². The number of likely N-dealkylation sites (N-methyl/N-ethyl adjacent to an activating group) is 1. The van der Waals surface area contributed by atoms with E-state index < -0.39 is 0 Å². The molecule has 1 fully saturated rings. The Morgan fingerprint density at radius 2 is 2.14 bits per heavy atom. The highest BCUT2D eigenvalue weighted by molar-refractivity contribution is 5.97. The summed E-state index contributed by atoms with van der Waals surface area (Å²) in [7, 11) is 1.90.